The molecule has 1 atom stereocenters. The zero-order valence-corrected chi connectivity index (χ0v) is 11.0. The summed E-state index contributed by atoms with van der Waals surface area (Å²) in [5, 5.41) is 5.01. The molecule has 1 heterocycles. The molecule has 0 saturated carbocycles. The Morgan fingerprint density at radius 1 is 1.11 bits per heavy atom. The summed E-state index contributed by atoms with van der Waals surface area (Å²) >= 11 is 0. The van der Waals surface area contributed by atoms with Gasteiger partial charge in [-0.2, -0.15) is 0 Å². The third-order valence-electron chi connectivity index (χ3n) is 2.78. The Morgan fingerprint density at radius 2 is 1.79 bits per heavy atom. The van der Waals surface area contributed by atoms with Crippen molar-refractivity contribution in [3.8, 4) is 0 Å². The van der Waals surface area contributed by atoms with Crippen LogP contribution in [0, 0.1) is 0 Å². The van der Waals surface area contributed by atoms with Gasteiger partial charge in [-0.25, -0.2) is 13.6 Å². The van der Waals surface area contributed by atoms with Gasteiger partial charge in [0.15, 0.2) is 0 Å². The van der Waals surface area contributed by atoms with Gasteiger partial charge in [0.1, 0.15) is 4.90 Å². The summed E-state index contributed by atoms with van der Waals surface area (Å²) in [6.07, 6.45) is 1.79. The maximum Gasteiger partial charge on any atom is 0.239 e. The van der Waals surface area contributed by atoms with Crippen LogP contribution in [-0.2, 0) is 16.4 Å². The van der Waals surface area contributed by atoms with Gasteiger partial charge in [0.2, 0.25) is 10.0 Å². The van der Waals surface area contributed by atoms with E-state index < -0.39 is 10.0 Å². The highest BCUT2D eigenvalue weighted by Gasteiger charge is 2.10. The summed E-state index contributed by atoms with van der Waals surface area (Å²) in [6.45, 7) is 0. The van der Waals surface area contributed by atoms with Gasteiger partial charge in [-0.05, 0) is 17.7 Å². The van der Waals surface area contributed by atoms with Crippen molar-refractivity contribution < 1.29 is 8.42 Å². The topological polar surface area (TPSA) is 99.1 Å². The predicted molar refractivity (Wildman–Crippen MR) is 72.7 cm³/mol. The van der Waals surface area contributed by atoms with Crippen molar-refractivity contribution in [3.63, 3.8) is 0 Å². The quantitative estimate of drug-likeness (QED) is 0.869. The van der Waals surface area contributed by atoms with Gasteiger partial charge in [0.25, 0.3) is 0 Å². The lowest BCUT2D eigenvalue weighted by molar-refractivity contribution is 0.597. The van der Waals surface area contributed by atoms with Crippen LogP contribution in [0.4, 0.5) is 0 Å². The van der Waals surface area contributed by atoms with Crippen LogP contribution in [-0.4, -0.2) is 13.4 Å². The molecule has 0 saturated heterocycles. The molecule has 0 radical (unpaired) electrons. The molecule has 0 aliphatic carbocycles. The second kappa shape index (κ2) is 5.48. The maximum absolute atomic E-state index is 11.1. The second-order valence-electron chi connectivity index (χ2n) is 4.25. The van der Waals surface area contributed by atoms with Crippen molar-refractivity contribution in [2.75, 3.05) is 0 Å². The van der Waals surface area contributed by atoms with Crippen molar-refractivity contribution in [1.82, 2.24) is 4.98 Å². The molecular weight excluding hydrogens is 262 g/mol. The third-order valence-corrected chi connectivity index (χ3v) is 3.68. The van der Waals surface area contributed by atoms with Crippen molar-refractivity contribution in [2.45, 2.75) is 17.4 Å². The minimum absolute atomic E-state index is 0.00420. The molecule has 1 unspecified atom stereocenters. The Kier molecular flexibility index (Phi) is 3.94. The molecule has 2 rings (SSSR count). The van der Waals surface area contributed by atoms with E-state index in [-0.39, 0.29) is 10.9 Å². The number of hydrogen-bond acceptors (Lipinski definition) is 4. The number of aromatic nitrogens is 1. The van der Waals surface area contributed by atoms with E-state index in [2.05, 4.69) is 4.98 Å². The Hall–Kier alpha value is -1.76. The first-order chi connectivity index (χ1) is 8.97. The predicted octanol–water partition coefficient (Wildman–Crippen LogP) is 0.971. The fraction of sp³-hybridized carbons (Fsp3) is 0.154. The van der Waals surface area contributed by atoms with Crippen LogP contribution in [0.2, 0.25) is 0 Å². The van der Waals surface area contributed by atoms with Gasteiger partial charge in [0, 0.05) is 24.4 Å². The van der Waals surface area contributed by atoms with Crippen molar-refractivity contribution in [3.05, 3.63) is 59.9 Å². The summed E-state index contributed by atoms with van der Waals surface area (Å²) in [7, 11) is -3.69. The number of nitrogens with two attached hydrogens (primary N) is 2. The Balaban J connectivity index is 2.12. The van der Waals surface area contributed by atoms with Gasteiger partial charge in [-0.1, -0.05) is 30.3 Å². The Morgan fingerprint density at radius 3 is 2.32 bits per heavy atom. The molecule has 2 aromatic rings. The number of nitrogens with zero attached hydrogens (tertiary/aromatic N) is 1. The number of sulfonamides is 1. The first kappa shape index (κ1) is 13.7. The molecule has 0 bridgehead atoms. The normalized spacial score (nSPS) is 13.2. The van der Waals surface area contributed by atoms with Crippen molar-refractivity contribution >= 4 is 10.0 Å². The average Bonchev–Trinajstić information content (AvgIpc) is 2.39. The molecule has 6 heteroatoms. The van der Waals surface area contributed by atoms with Crippen LogP contribution >= 0.6 is 0 Å². The molecule has 5 nitrogen and oxygen atoms in total. The van der Waals surface area contributed by atoms with Crippen LogP contribution in [0.1, 0.15) is 17.3 Å². The number of benzene rings is 1. The molecule has 19 heavy (non-hydrogen) atoms. The second-order valence-corrected chi connectivity index (χ2v) is 5.81. The summed E-state index contributed by atoms with van der Waals surface area (Å²) in [5.41, 5.74) is 7.81. The van der Waals surface area contributed by atoms with Crippen LogP contribution in [0.3, 0.4) is 0 Å². The van der Waals surface area contributed by atoms with E-state index in [9.17, 15) is 8.42 Å². The van der Waals surface area contributed by atoms with Crippen molar-refractivity contribution in [1.29, 1.82) is 0 Å². The lowest BCUT2D eigenvalue weighted by atomic mass is 10.0. The highest BCUT2D eigenvalue weighted by molar-refractivity contribution is 7.89. The SMILES string of the molecule is NC(Cc1ccc(S(N)(=O)=O)cn1)c1ccccc1. The lowest BCUT2D eigenvalue weighted by Gasteiger charge is -2.11. The van der Waals surface area contributed by atoms with E-state index >= 15 is 0 Å². The largest absolute Gasteiger partial charge is 0.324 e. The number of pyridine rings is 1. The first-order valence-electron chi connectivity index (χ1n) is 5.75. The fourth-order valence-corrected chi connectivity index (χ4v) is 2.20. The standard InChI is InChI=1S/C13H15N3O2S/c14-13(10-4-2-1-3-5-10)8-11-6-7-12(9-16-11)19(15,17)18/h1-7,9,13H,8,14H2,(H2,15,17,18). The van der Waals surface area contributed by atoms with E-state index in [0.717, 1.165) is 11.3 Å². The Labute approximate surface area is 112 Å². The Bertz CT molecular complexity index is 639. The van der Waals surface area contributed by atoms with Crippen LogP contribution in [0.5, 0.6) is 0 Å². The fourth-order valence-electron chi connectivity index (χ4n) is 1.74. The van der Waals surface area contributed by atoms with Gasteiger partial charge >= 0.3 is 0 Å². The summed E-state index contributed by atoms with van der Waals surface area (Å²) in [4.78, 5) is 4.08. The summed E-state index contributed by atoms with van der Waals surface area (Å²) < 4.78 is 22.2. The number of rotatable bonds is 4. The zero-order chi connectivity index (χ0) is 13.9. The monoisotopic (exact) mass is 277 g/mol. The number of primary sulfonamides is 1. The van der Waals surface area contributed by atoms with E-state index in [1.165, 1.54) is 12.3 Å². The highest BCUT2D eigenvalue weighted by Crippen LogP contribution is 2.15. The molecule has 0 aliphatic rings. The maximum atomic E-state index is 11.1. The smallest absolute Gasteiger partial charge is 0.239 e. The number of hydrogen-bond donors (Lipinski definition) is 2. The molecule has 0 amide bonds. The first-order valence-corrected chi connectivity index (χ1v) is 7.30. The molecule has 100 valence electrons. The van der Waals surface area contributed by atoms with Crippen LogP contribution in [0.25, 0.3) is 0 Å². The zero-order valence-electron chi connectivity index (χ0n) is 10.2. The van der Waals surface area contributed by atoms with E-state index in [1.54, 1.807) is 6.07 Å². The van der Waals surface area contributed by atoms with Crippen LogP contribution < -0.4 is 10.9 Å². The summed E-state index contributed by atoms with van der Waals surface area (Å²) in [5.74, 6) is 0. The molecule has 1 aromatic carbocycles. The van der Waals surface area contributed by atoms with Crippen LogP contribution in [0.15, 0.2) is 53.6 Å². The lowest BCUT2D eigenvalue weighted by Crippen LogP contribution is -2.15. The minimum Gasteiger partial charge on any atom is -0.324 e. The van der Waals surface area contributed by atoms with Gasteiger partial charge in [0.05, 0.1) is 0 Å². The van der Waals surface area contributed by atoms with E-state index in [0.29, 0.717) is 6.42 Å². The third kappa shape index (κ3) is 3.60. The molecule has 1 aromatic heterocycles. The van der Waals surface area contributed by atoms with Crippen molar-refractivity contribution in [2.24, 2.45) is 10.9 Å². The van der Waals surface area contributed by atoms with Gasteiger partial charge in [-0.3, -0.25) is 4.98 Å². The molecular formula is C13H15N3O2S. The average molecular weight is 277 g/mol. The van der Waals surface area contributed by atoms with E-state index in [1.807, 2.05) is 30.3 Å². The molecule has 0 spiro atoms. The molecule has 0 aliphatic heterocycles. The minimum atomic E-state index is -3.69. The van der Waals surface area contributed by atoms with Gasteiger partial charge < -0.3 is 5.73 Å². The van der Waals surface area contributed by atoms with E-state index in [4.69, 9.17) is 10.9 Å². The van der Waals surface area contributed by atoms with Gasteiger partial charge in [-0.15, -0.1) is 0 Å². The molecule has 0 fully saturated rings. The summed E-state index contributed by atoms with van der Waals surface area (Å²) in [6, 6.07) is 12.6. The highest BCUT2D eigenvalue weighted by atomic mass is 32.2. The molecule has 4 N–H and O–H groups in total.